The van der Waals surface area contributed by atoms with Crippen LogP contribution in [0.25, 0.3) is 0 Å². The highest BCUT2D eigenvalue weighted by molar-refractivity contribution is 7.11. The summed E-state index contributed by atoms with van der Waals surface area (Å²) in [4.78, 5) is 5.47. The highest BCUT2D eigenvalue weighted by atomic mass is 32.1. The second-order valence-electron chi connectivity index (χ2n) is 3.67. The lowest BCUT2D eigenvalue weighted by molar-refractivity contribution is 0.523. The van der Waals surface area contributed by atoms with E-state index in [2.05, 4.69) is 27.2 Å². The first-order valence-corrected chi connectivity index (χ1v) is 6.95. The van der Waals surface area contributed by atoms with Gasteiger partial charge in [-0.3, -0.25) is 11.3 Å². The van der Waals surface area contributed by atoms with Crippen LogP contribution >= 0.6 is 22.7 Å². The fourth-order valence-corrected chi connectivity index (χ4v) is 3.18. The fourth-order valence-electron chi connectivity index (χ4n) is 1.59. The standard InChI is InChI=1S/C11H15N3S2/c1-8-13-6-11(16-8)10(14-12)3-2-9-4-5-15-7-9/h4-7,10,14H,2-3,12H2,1H3. The van der Waals surface area contributed by atoms with E-state index in [9.17, 15) is 0 Å². The molecule has 0 aliphatic rings. The van der Waals surface area contributed by atoms with Crippen LogP contribution in [0.5, 0.6) is 0 Å². The van der Waals surface area contributed by atoms with E-state index in [0.717, 1.165) is 17.8 Å². The molecule has 0 aliphatic heterocycles. The molecule has 1 unspecified atom stereocenters. The number of rotatable bonds is 5. The summed E-state index contributed by atoms with van der Waals surface area (Å²) in [5.41, 5.74) is 4.25. The van der Waals surface area contributed by atoms with Gasteiger partial charge in [-0.1, -0.05) is 0 Å². The van der Waals surface area contributed by atoms with Crippen LogP contribution in [0.4, 0.5) is 0 Å². The van der Waals surface area contributed by atoms with Crippen molar-refractivity contribution in [3.8, 4) is 0 Å². The Morgan fingerprint density at radius 3 is 3.00 bits per heavy atom. The number of aromatic nitrogens is 1. The van der Waals surface area contributed by atoms with Crippen LogP contribution in [-0.4, -0.2) is 4.98 Å². The lowest BCUT2D eigenvalue weighted by Gasteiger charge is -2.12. The highest BCUT2D eigenvalue weighted by Crippen LogP contribution is 2.24. The summed E-state index contributed by atoms with van der Waals surface area (Å²) in [6.45, 7) is 2.01. The van der Waals surface area contributed by atoms with Crippen LogP contribution in [-0.2, 0) is 6.42 Å². The van der Waals surface area contributed by atoms with Gasteiger partial charge >= 0.3 is 0 Å². The third-order valence-corrected chi connectivity index (χ3v) is 4.24. The van der Waals surface area contributed by atoms with Gasteiger partial charge in [-0.05, 0) is 42.2 Å². The molecule has 0 aromatic carbocycles. The van der Waals surface area contributed by atoms with Crippen molar-refractivity contribution >= 4 is 22.7 Å². The van der Waals surface area contributed by atoms with Crippen LogP contribution in [0, 0.1) is 6.92 Å². The zero-order valence-electron chi connectivity index (χ0n) is 9.14. The number of nitrogens with two attached hydrogens (primary N) is 1. The number of hydrogen-bond acceptors (Lipinski definition) is 5. The molecule has 0 saturated carbocycles. The zero-order valence-corrected chi connectivity index (χ0v) is 10.8. The van der Waals surface area contributed by atoms with Gasteiger partial charge in [0, 0.05) is 11.1 Å². The van der Waals surface area contributed by atoms with Gasteiger partial charge in [-0.2, -0.15) is 11.3 Å². The lowest BCUT2D eigenvalue weighted by Crippen LogP contribution is -2.27. The average molecular weight is 253 g/mol. The molecule has 0 radical (unpaired) electrons. The first kappa shape index (κ1) is 11.7. The first-order valence-electron chi connectivity index (χ1n) is 5.19. The molecule has 0 amide bonds. The number of nitrogens with zero attached hydrogens (tertiary/aromatic N) is 1. The number of thiophene rings is 1. The minimum absolute atomic E-state index is 0.214. The zero-order chi connectivity index (χ0) is 11.4. The molecule has 0 saturated heterocycles. The van der Waals surface area contributed by atoms with Gasteiger partial charge in [0.25, 0.3) is 0 Å². The second-order valence-corrected chi connectivity index (χ2v) is 5.72. The average Bonchev–Trinajstić information content (AvgIpc) is 2.91. The number of aryl methyl sites for hydroxylation is 2. The van der Waals surface area contributed by atoms with Gasteiger partial charge < -0.3 is 0 Å². The molecular weight excluding hydrogens is 238 g/mol. The molecule has 2 heterocycles. The number of hydrazine groups is 1. The monoisotopic (exact) mass is 253 g/mol. The molecule has 0 fully saturated rings. The van der Waals surface area contributed by atoms with E-state index in [4.69, 9.17) is 5.84 Å². The molecule has 5 heteroatoms. The topological polar surface area (TPSA) is 50.9 Å². The van der Waals surface area contributed by atoms with E-state index >= 15 is 0 Å². The van der Waals surface area contributed by atoms with Gasteiger partial charge in [-0.25, -0.2) is 4.98 Å². The van der Waals surface area contributed by atoms with Gasteiger partial charge in [-0.15, -0.1) is 11.3 Å². The van der Waals surface area contributed by atoms with Gasteiger partial charge in [0.15, 0.2) is 0 Å². The van der Waals surface area contributed by atoms with Gasteiger partial charge in [0.2, 0.25) is 0 Å². The largest absolute Gasteiger partial charge is 0.271 e. The summed E-state index contributed by atoms with van der Waals surface area (Å²) in [6.07, 6.45) is 3.97. The molecule has 2 rings (SSSR count). The number of thiazole rings is 1. The van der Waals surface area contributed by atoms with Crippen LogP contribution in [0.3, 0.4) is 0 Å². The van der Waals surface area contributed by atoms with Crippen molar-refractivity contribution in [3.63, 3.8) is 0 Å². The van der Waals surface area contributed by atoms with Crippen LogP contribution in [0.15, 0.2) is 23.0 Å². The number of nitrogens with one attached hydrogen (secondary N) is 1. The predicted molar refractivity (Wildman–Crippen MR) is 69.6 cm³/mol. The van der Waals surface area contributed by atoms with Crippen molar-refractivity contribution in [2.45, 2.75) is 25.8 Å². The van der Waals surface area contributed by atoms with Crippen molar-refractivity contribution in [1.29, 1.82) is 0 Å². The lowest BCUT2D eigenvalue weighted by atomic mass is 10.1. The van der Waals surface area contributed by atoms with E-state index in [1.54, 1.807) is 22.7 Å². The Balaban J connectivity index is 1.96. The van der Waals surface area contributed by atoms with Crippen molar-refractivity contribution < 1.29 is 0 Å². The molecule has 16 heavy (non-hydrogen) atoms. The summed E-state index contributed by atoms with van der Waals surface area (Å²) in [5, 5.41) is 5.38. The Bertz CT molecular complexity index is 422. The molecule has 2 aromatic rings. The molecule has 0 bridgehead atoms. The quantitative estimate of drug-likeness (QED) is 0.636. The normalized spacial score (nSPS) is 12.9. The molecule has 3 N–H and O–H groups in total. The van der Waals surface area contributed by atoms with Crippen LogP contribution in [0.2, 0.25) is 0 Å². The summed E-state index contributed by atoms with van der Waals surface area (Å²) < 4.78 is 0. The maximum atomic E-state index is 5.59. The van der Waals surface area contributed by atoms with Crippen molar-refractivity contribution in [3.05, 3.63) is 38.5 Å². The Hall–Kier alpha value is -0.750. The number of hydrogen-bond donors (Lipinski definition) is 2. The fraction of sp³-hybridized carbons (Fsp3) is 0.364. The molecule has 2 aromatic heterocycles. The summed E-state index contributed by atoms with van der Waals surface area (Å²) >= 11 is 3.44. The Morgan fingerprint density at radius 1 is 1.56 bits per heavy atom. The molecular formula is C11H15N3S2. The molecule has 86 valence electrons. The second kappa shape index (κ2) is 5.54. The van der Waals surface area contributed by atoms with Crippen molar-refractivity contribution in [1.82, 2.24) is 10.4 Å². The maximum absolute atomic E-state index is 5.59. The first-order chi connectivity index (χ1) is 7.79. The Kier molecular flexibility index (Phi) is 4.06. The third kappa shape index (κ3) is 2.89. The Morgan fingerprint density at radius 2 is 2.44 bits per heavy atom. The van der Waals surface area contributed by atoms with Crippen LogP contribution < -0.4 is 11.3 Å². The smallest absolute Gasteiger partial charge is 0.0897 e. The van der Waals surface area contributed by atoms with E-state index in [1.807, 2.05) is 13.1 Å². The van der Waals surface area contributed by atoms with Gasteiger partial charge in [0.05, 0.1) is 11.0 Å². The third-order valence-electron chi connectivity index (χ3n) is 2.49. The maximum Gasteiger partial charge on any atom is 0.0897 e. The van der Waals surface area contributed by atoms with Crippen molar-refractivity contribution in [2.75, 3.05) is 0 Å². The van der Waals surface area contributed by atoms with Gasteiger partial charge in [0.1, 0.15) is 0 Å². The summed E-state index contributed by atoms with van der Waals surface area (Å²) in [5.74, 6) is 5.59. The summed E-state index contributed by atoms with van der Waals surface area (Å²) in [7, 11) is 0. The van der Waals surface area contributed by atoms with E-state index in [-0.39, 0.29) is 6.04 Å². The summed E-state index contributed by atoms with van der Waals surface area (Å²) in [6, 6.07) is 2.38. The van der Waals surface area contributed by atoms with E-state index in [1.165, 1.54) is 10.4 Å². The molecule has 0 spiro atoms. The Labute approximate surface area is 103 Å². The van der Waals surface area contributed by atoms with Crippen molar-refractivity contribution in [2.24, 2.45) is 5.84 Å². The van der Waals surface area contributed by atoms with E-state index < -0.39 is 0 Å². The molecule has 1 atom stereocenters. The highest BCUT2D eigenvalue weighted by Gasteiger charge is 2.12. The minimum atomic E-state index is 0.214. The van der Waals surface area contributed by atoms with Crippen LogP contribution in [0.1, 0.15) is 27.9 Å². The van der Waals surface area contributed by atoms with E-state index in [0.29, 0.717) is 0 Å². The molecule has 0 aliphatic carbocycles. The predicted octanol–water partition coefficient (Wildman–Crippen LogP) is 2.65. The SMILES string of the molecule is Cc1ncc(C(CCc2ccsc2)NN)s1. The minimum Gasteiger partial charge on any atom is -0.271 e. The molecule has 3 nitrogen and oxygen atoms in total.